The molecule has 0 bridgehead atoms. The van der Waals surface area contributed by atoms with E-state index in [0.717, 1.165) is 38.2 Å². The van der Waals surface area contributed by atoms with Gasteiger partial charge in [0, 0.05) is 38.8 Å². The van der Waals surface area contributed by atoms with Crippen LogP contribution < -0.4 is 0 Å². The largest absolute Gasteiger partial charge is 0.338 e. The molecule has 19 heavy (non-hydrogen) atoms. The molecule has 4 heteroatoms. The first-order valence-electron chi connectivity index (χ1n) is 6.82. The lowest BCUT2D eigenvalue weighted by Crippen LogP contribution is -2.50. The van der Waals surface area contributed by atoms with Crippen LogP contribution in [-0.4, -0.2) is 61.2 Å². The number of aliphatic imine (C=N–C) groups is 1. The summed E-state index contributed by atoms with van der Waals surface area (Å²) in [5.74, 6) is 0.179. The Hall–Kier alpha value is -1.68. The van der Waals surface area contributed by atoms with Gasteiger partial charge in [-0.1, -0.05) is 24.3 Å². The van der Waals surface area contributed by atoms with Crippen molar-refractivity contribution in [2.45, 2.75) is 12.5 Å². The molecule has 2 aliphatic heterocycles. The van der Waals surface area contributed by atoms with Gasteiger partial charge in [0.2, 0.25) is 5.91 Å². The fourth-order valence-corrected chi connectivity index (χ4v) is 2.67. The molecule has 1 aromatic carbocycles. The van der Waals surface area contributed by atoms with E-state index in [2.05, 4.69) is 29.1 Å². The standard InChI is InChI=1S/C15H19N3O/c1-17-6-8-18(9-7-17)15(19)14-10-12-4-2-3-5-13(12)11-16-14/h2-5,11,14H,6-10H2,1H3/t14-/m0/s1. The predicted octanol–water partition coefficient (Wildman–Crippen LogP) is 0.804. The first-order valence-corrected chi connectivity index (χ1v) is 6.82. The van der Waals surface area contributed by atoms with Crippen molar-refractivity contribution in [3.8, 4) is 0 Å². The molecule has 0 unspecified atom stereocenters. The topological polar surface area (TPSA) is 35.9 Å². The van der Waals surface area contributed by atoms with Crippen molar-refractivity contribution < 1.29 is 4.79 Å². The van der Waals surface area contributed by atoms with E-state index in [1.165, 1.54) is 5.56 Å². The second-order valence-electron chi connectivity index (χ2n) is 5.33. The van der Waals surface area contributed by atoms with Gasteiger partial charge >= 0.3 is 0 Å². The molecule has 0 aliphatic carbocycles. The minimum Gasteiger partial charge on any atom is -0.338 e. The number of carbonyl (C=O) groups excluding carboxylic acids is 1. The summed E-state index contributed by atoms with van der Waals surface area (Å²) in [6.07, 6.45) is 2.58. The summed E-state index contributed by atoms with van der Waals surface area (Å²) in [7, 11) is 2.09. The van der Waals surface area contributed by atoms with Crippen molar-refractivity contribution in [3.05, 3.63) is 35.4 Å². The minimum absolute atomic E-state index is 0.179. The molecule has 0 saturated carbocycles. The molecule has 1 saturated heterocycles. The van der Waals surface area contributed by atoms with Gasteiger partial charge in [-0.15, -0.1) is 0 Å². The zero-order valence-electron chi connectivity index (χ0n) is 11.2. The number of nitrogens with zero attached hydrogens (tertiary/aromatic N) is 3. The molecule has 100 valence electrons. The Morgan fingerprint density at radius 1 is 1.21 bits per heavy atom. The van der Waals surface area contributed by atoms with Gasteiger partial charge in [0.15, 0.2) is 0 Å². The highest BCUT2D eigenvalue weighted by Crippen LogP contribution is 2.17. The van der Waals surface area contributed by atoms with E-state index < -0.39 is 0 Å². The molecule has 0 spiro atoms. The summed E-state index contributed by atoms with van der Waals surface area (Å²) in [5.41, 5.74) is 2.37. The molecule has 0 radical (unpaired) electrons. The fourth-order valence-electron chi connectivity index (χ4n) is 2.67. The monoisotopic (exact) mass is 257 g/mol. The number of piperazine rings is 1. The number of likely N-dealkylation sites (N-methyl/N-ethyl adjacent to an activating group) is 1. The Bertz CT molecular complexity index is 504. The highest BCUT2D eigenvalue weighted by Gasteiger charge is 2.28. The highest BCUT2D eigenvalue weighted by atomic mass is 16.2. The van der Waals surface area contributed by atoms with Crippen LogP contribution in [0.25, 0.3) is 0 Å². The Morgan fingerprint density at radius 2 is 1.95 bits per heavy atom. The first kappa shape index (κ1) is 12.4. The van der Waals surface area contributed by atoms with E-state index in [9.17, 15) is 4.79 Å². The first-order chi connectivity index (χ1) is 9.24. The number of hydrogen-bond acceptors (Lipinski definition) is 3. The lowest BCUT2D eigenvalue weighted by atomic mass is 9.97. The van der Waals surface area contributed by atoms with E-state index >= 15 is 0 Å². The molecule has 3 rings (SSSR count). The Kier molecular flexibility index (Phi) is 3.34. The average molecular weight is 257 g/mol. The molecule has 4 nitrogen and oxygen atoms in total. The molecular formula is C15H19N3O. The van der Waals surface area contributed by atoms with Gasteiger partial charge in [-0.05, 0) is 18.2 Å². The van der Waals surface area contributed by atoms with Gasteiger partial charge in [-0.2, -0.15) is 0 Å². The van der Waals surface area contributed by atoms with E-state index in [1.54, 1.807) is 0 Å². The van der Waals surface area contributed by atoms with Crippen LogP contribution >= 0.6 is 0 Å². The molecule has 0 N–H and O–H groups in total. The quantitative estimate of drug-likeness (QED) is 0.746. The third-order valence-electron chi connectivity index (χ3n) is 3.96. The number of benzene rings is 1. The van der Waals surface area contributed by atoms with E-state index in [1.807, 2.05) is 23.2 Å². The van der Waals surface area contributed by atoms with Crippen molar-refractivity contribution in [2.24, 2.45) is 4.99 Å². The molecule has 1 fully saturated rings. The zero-order chi connectivity index (χ0) is 13.2. The summed E-state index contributed by atoms with van der Waals surface area (Å²) in [5, 5.41) is 0. The number of carbonyl (C=O) groups is 1. The molecule has 1 atom stereocenters. The maximum absolute atomic E-state index is 12.5. The maximum Gasteiger partial charge on any atom is 0.247 e. The molecular weight excluding hydrogens is 238 g/mol. The van der Waals surface area contributed by atoms with Crippen LogP contribution in [0.3, 0.4) is 0 Å². The molecule has 2 heterocycles. The van der Waals surface area contributed by atoms with Crippen molar-refractivity contribution in [1.29, 1.82) is 0 Å². The summed E-state index contributed by atoms with van der Waals surface area (Å²) in [4.78, 5) is 21.1. The summed E-state index contributed by atoms with van der Waals surface area (Å²) >= 11 is 0. The number of hydrogen-bond donors (Lipinski definition) is 0. The number of rotatable bonds is 1. The van der Waals surface area contributed by atoms with Gasteiger partial charge in [0.25, 0.3) is 0 Å². The van der Waals surface area contributed by atoms with Crippen LogP contribution in [0.15, 0.2) is 29.3 Å². The van der Waals surface area contributed by atoms with Gasteiger partial charge < -0.3 is 9.80 Å². The van der Waals surface area contributed by atoms with Crippen LogP contribution in [-0.2, 0) is 11.2 Å². The van der Waals surface area contributed by atoms with Gasteiger partial charge in [0.1, 0.15) is 6.04 Å². The molecule has 2 aliphatic rings. The SMILES string of the molecule is CN1CCN(C(=O)[C@@H]2Cc3ccccc3C=N2)CC1. The molecule has 1 aromatic rings. The molecule has 0 aromatic heterocycles. The van der Waals surface area contributed by atoms with Gasteiger partial charge in [-0.3, -0.25) is 9.79 Å². The van der Waals surface area contributed by atoms with Crippen molar-refractivity contribution >= 4 is 12.1 Å². The number of amides is 1. The lowest BCUT2D eigenvalue weighted by Gasteiger charge is -2.34. The smallest absolute Gasteiger partial charge is 0.247 e. The van der Waals surface area contributed by atoms with E-state index in [-0.39, 0.29) is 11.9 Å². The maximum atomic E-state index is 12.5. The third-order valence-corrected chi connectivity index (χ3v) is 3.96. The fraction of sp³-hybridized carbons (Fsp3) is 0.467. The van der Waals surface area contributed by atoms with Crippen molar-refractivity contribution in [3.63, 3.8) is 0 Å². The van der Waals surface area contributed by atoms with E-state index in [4.69, 9.17) is 0 Å². The van der Waals surface area contributed by atoms with Crippen LogP contribution in [0.1, 0.15) is 11.1 Å². The Labute approximate surface area is 113 Å². The van der Waals surface area contributed by atoms with Crippen molar-refractivity contribution in [2.75, 3.05) is 33.2 Å². The van der Waals surface area contributed by atoms with Gasteiger partial charge in [-0.25, -0.2) is 0 Å². The Morgan fingerprint density at radius 3 is 2.74 bits per heavy atom. The number of fused-ring (bicyclic) bond motifs is 1. The summed E-state index contributed by atoms with van der Waals surface area (Å²) < 4.78 is 0. The van der Waals surface area contributed by atoms with E-state index in [0.29, 0.717) is 0 Å². The van der Waals surface area contributed by atoms with Crippen LogP contribution in [0.4, 0.5) is 0 Å². The summed E-state index contributed by atoms with van der Waals surface area (Å²) in [6, 6.07) is 7.95. The highest BCUT2D eigenvalue weighted by molar-refractivity contribution is 5.90. The second kappa shape index (κ2) is 5.13. The van der Waals surface area contributed by atoms with Gasteiger partial charge in [0.05, 0.1) is 0 Å². The second-order valence-corrected chi connectivity index (χ2v) is 5.33. The third kappa shape index (κ3) is 2.54. The van der Waals surface area contributed by atoms with Crippen LogP contribution in [0.5, 0.6) is 0 Å². The molecule has 1 amide bonds. The zero-order valence-corrected chi connectivity index (χ0v) is 11.2. The normalized spacial score (nSPS) is 23.2. The average Bonchev–Trinajstić information content (AvgIpc) is 2.47. The summed E-state index contributed by atoms with van der Waals surface area (Å²) in [6.45, 7) is 3.56. The lowest BCUT2D eigenvalue weighted by molar-refractivity contribution is -0.134. The van der Waals surface area contributed by atoms with Crippen LogP contribution in [0.2, 0.25) is 0 Å². The van der Waals surface area contributed by atoms with Crippen LogP contribution in [0, 0.1) is 0 Å². The predicted molar refractivity (Wildman–Crippen MR) is 75.6 cm³/mol. The van der Waals surface area contributed by atoms with Crippen molar-refractivity contribution in [1.82, 2.24) is 9.80 Å². The Balaban J connectivity index is 1.70. The minimum atomic E-state index is -0.224.